The van der Waals surface area contributed by atoms with Crippen LogP contribution in [0, 0.1) is 20.8 Å². The van der Waals surface area contributed by atoms with Crippen molar-refractivity contribution in [3.8, 4) is 11.4 Å². The van der Waals surface area contributed by atoms with Gasteiger partial charge in [0.05, 0.1) is 17.9 Å². The van der Waals surface area contributed by atoms with Crippen molar-refractivity contribution in [1.29, 1.82) is 0 Å². The average Bonchev–Trinajstić information content (AvgIpc) is 3.03. The average molecular weight is 373 g/mol. The van der Waals surface area contributed by atoms with E-state index in [0.717, 1.165) is 39.3 Å². The fourth-order valence-electron chi connectivity index (χ4n) is 3.59. The Morgan fingerprint density at radius 3 is 2.50 bits per heavy atom. The van der Waals surface area contributed by atoms with Crippen molar-refractivity contribution in [2.75, 3.05) is 6.61 Å². The van der Waals surface area contributed by atoms with Crippen LogP contribution in [-0.2, 0) is 6.54 Å². The number of aryl methyl sites for hydroxylation is 3. The Morgan fingerprint density at radius 1 is 0.964 bits per heavy atom. The first-order chi connectivity index (χ1) is 13.5. The van der Waals surface area contributed by atoms with Gasteiger partial charge in [0.15, 0.2) is 0 Å². The van der Waals surface area contributed by atoms with Crippen LogP contribution in [-0.4, -0.2) is 21.0 Å². The number of rotatable bonds is 5. The van der Waals surface area contributed by atoms with Crippen LogP contribution in [0.5, 0.6) is 5.75 Å². The first-order valence-electron chi connectivity index (χ1n) is 9.39. The van der Waals surface area contributed by atoms with Crippen molar-refractivity contribution >= 4 is 11.0 Å². The second-order valence-corrected chi connectivity index (χ2v) is 7.01. The van der Waals surface area contributed by atoms with Gasteiger partial charge in [-0.1, -0.05) is 30.3 Å². The minimum absolute atomic E-state index is 0.0464. The minimum Gasteiger partial charge on any atom is -0.492 e. The molecule has 0 unspecified atom stereocenters. The van der Waals surface area contributed by atoms with Crippen LogP contribution in [0.2, 0.25) is 0 Å². The molecule has 4 rings (SSSR count). The van der Waals surface area contributed by atoms with E-state index in [0.29, 0.717) is 13.2 Å². The lowest BCUT2D eigenvalue weighted by molar-refractivity contribution is 0.298. The summed E-state index contributed by atoms with van der Waals surface area (Å²) in [6.07, 6.45) is 0. The zero-order chi connectivity index (χ0) is 19.7. The van der Waals surface area contributed by atoms with Gasteiger partial charge in [0.2, 0.25) is 0 Å². The quantitative estimate of drug-likeness (QED) is 0.527. The highest BCUT2D eigenvalue weighted by Gasteiger charge is 2.17. The van der Waals surface area contributed by atoms with Crippen molar-refractivity contribution in [2.45, 2.75) is 27.3 Å². The molecular weight excluding hydrogens is 350 g/mol. The lowest BCUT2D eigenvalue weighted by Crippen LogP contribution is -2.25. The molecule has 0 amide bonds. The third kappa shape index (κ3) is 3.31. The first-order valence-corrected chi connectivity index (χ1v) is 9.39. The Hall–Kier alpha value is -3.34. The second kappa shape index (κ2) is 7.35. The molecule has 0 bridgehead atoms. The monoisotopic (exact) mass is 373 g/mol. The summed E-state index contributed by atoms with van der Waals surface area (Å²) < 4.78 is 9.50. The maximum Gasteiger partial charge on any atom is 0.252 e. The first kappa shape index (κ1) is 18.0. The summed E-state index contributed by atoms with van der Waals surface area (Å²) in [5, 5.41) is 5.73. The van der Waals surface area contributed by atoms with E-state index < -0.39 is 0 Å². The molecule has 0 N–H and O–H groups in total. The van der Waals surface area contributed by atoms with Gasteiger partial charge in [-0.25, -0.2) is 4.68 Å². The van der Waals surface area contributed by atoms with E-state index in [1.54, 1.807) is 10.6 Å². The molecule has 142 valence electrons. The number of para-hydroxylation sites is 1. The number of aromatic nitrogens is 3. The molecule has 0 radical (unpaired) electrons. The van der Waals surface area contributed by atoms with Gasteiger partial charge in [0, 0.05) is 11.5 Å². The van der Waals surface area contributed by atoms with Gasteiger partial charge in [-0.05, 0) is 56.2 Å². The maximum atomic E-state index is 12.8. The van der Waals surface area contributed by atoms with Gasteiger partial charge in [0.25, 0.3) is 5.56 Å². The summed E-state index contributed by atoms with van der Waals surface area (Å²) in [6.45, 7) is 6.82. The molecule has 0 atom stereocenters. The largest absolute Gasteiger partial charge is 0.492 e. The molecule has 0 fully saturated rings. The predicted octanol–water partition coefficient (Wildman–Crippen LogP) is 4.19. The van der Waals surface area contributed by atoms with Crippen molar-refractivity contribution in [3.63, 3.8) is 0 Å². The highest BCUT2D eigenvalue weighted by Crippen LogP contribution is 2.23. The summed E-state index contributed by atoms with van der Waals surface area (Å²) in [5.74, 6) is 0.809. The van der Waals surface area contributed by atoms with E-state index in [1.807, 2.05) is 80.1 Å². The van der Waals surface area contributed by atoms with Crippen LogP contribution in [0.3, 0.4) is 0 Å². The van der Waals surface area contributed by atoms with Crippen LogP contribution < -0.4 is 10.3 Å². The Bertz CT molecular complexity index is 1190. The normalized spacial score (nSPS) is 11.1. The molecule has 0 aliphatic heterocycles. The summed E-state index contributed by atoms with van der Waals surface area (Å²) in [4.78, 5) is 12.8. The van der Waals surface area contributed by atoms with Crippen molar-refractivity contribution < 1.29 is 4.74 Å². The topological polar surface area (TPSA) is 49.1 Å². The van der Waals surface area contributed by atoms with Crippen LogP contribution in [0.4, 0.5) is 0 Å². The van der Waals surface area contributed by atoms with Gasteiger partial charge in [-0.3, -0.25) is 9.36 Å². The molecule has 0 spiro atoms. The van der Waals surface area contributed by atoms with Crippen LogP contribution in [0.25, 0.3) is 16.7 Å². The molecule has 4 aromatic rings. The zero-order valence-corrected chi connectivity index (χ0v) is 16.3. The highest BCUT2D eigenvalue weighted by atomic mass is 16.5. The van der Waals surface area contributed by atoms with Crippen molar-refractivity contribution in [1.82, 2.24) is 14.3 Å². The SMILES string of the molecule is Cc1cccc(OCCn2c(=O)cc(C)c3c(C)nn(-c4ccccc4)c32)c1. The van der Waals surface area contributed by atoms with E-state index >= 15 is 0 Å². The Balaban J connectivity index is 1.76. The van der Waals surface area contributed by atoms with E-state index in [1.165, 1.54) is 0 Å². The number of hydrogen-bond acceptors (Lipinski definition) is 3. The highest BCUT2D eigenvalue weighted by molar-refractivity contribution is 5.83. The second-order valence-electron chi connectivity index (χ2n) is 7.01. The summed E-state index contributed by atoms with van der Waals surface area (Å²) in [7, 11) is 0. The number of ether oxygens (including phenoxy) is 1. The third-order valence-corrected chi connectivity index (χ3v) is 4.87. The fourth-order valence-corrected chi connectivity index (χ4v) is 3.59. The Morgan fingerprint density at radius 2 is 1.75 bits per heavy atom. The van der Waals surface area contributed by atoms with E-state index in [4.69, 9.17) is 9.84 Å². The van der Waals surface area contributed by atoms with Crippen molar-refractivity contribution in [3.05, 3.63) is 87.8 Å². The number of benzene rings is 2. The van der Waals surface area contributed by atoms with Crippen LogP contribution >= 0.6 is 0 Å². The summed E-state index contributed by atoms with van der Waals surface area (Å²) in [5.41, 5.74) is 4.68. The van der Waals surface area contributed by atoms with Gasteiger partial charge in [-0.2, -0.15) is 5.10 Å². The smallest absolute Gasteiger partial charge is 0.252 e. The van der Waals surface area contributed by atoms with Gasteiger partial charge >= 0.3 is 0 Å². The molecule has 28 heavy (non-hydrogen) atoms. The van der Waals surface area contributed by atoms with Crippen molar-refractivity contribution in [2.24, 2.45) is 0 Å². The molecule has 2 aromatic heterocycles. The molecule has 0 saturated carbocycles. The van der Waals surface area contributed by atoms with E-state index in [-0.39, 0.29) is 5.56 Å². The van der Waals surface area contributed by atoms with Crippen LogP contribution in [0.1, 0.15) is 16.8 Å². The standard InChI is InChI=1S/C23H23N3O2/c1-16-8-7-11-20(14-16)28-13-12-25-21(27)15-17(2)22-18(3)24-26(23(22)25)19-9-5-4-6-10-19/h4-11,14-15H,12-13H2,1-3H3. The Labute approximate surface area is 163 Å². The molecule has 0 saturated heterocycles. The maximum absolute atomic E-state index is 12.8. The summed E-state index contributed by atoms with van der Waals surface area (Å²) >= 11 is 0. The van der Waals surface area contributed by atoms with Crippen LogP contribution in [0.15, 0.2) is 65.5 Å². The molecule has 0 aliphatic rings. The minimum atomic E-state index is -0.0464. The predicted molar refractivity (Wildman–Crippen MR) is 111 cm³/mol. The van der Waals surface area contributed by atoms with Gasteiger partial charge in [0.1, 0.15) is 18.0 Å². The molecular formula is C23H23N3O2. The molecule has 5 heteroatoms. The number of hydrogen-bond donors (Lipinski definition) is 0. The lowest BCUT2D eigenvalue weighted by atomic mass is 10.1. The van der Waals surface area contributed by atoms with Gasteiger partial charge < -0.3 is 4.74 Å². The number of pyridine rings is 1. The zero-order valence-electron chi connectivity index (χ0n) is 16.3. The molecule has 2 aromatic carbocycles. The third-order valence-electron chi connectivity index (χ3n) is 4.87. The van der Waals surface area contributed by atoms with E-state index in [9.17, 15) is 4.79 Å². The fraction of sp³-hybridized carbons (Fsp3) is 0.217. The lowest BCUT2D eigenvalue weighted by Gasteiger charge is -2.13. The summed E-state index contributed by atoms with van der Waals surface area (Å²) in [6, 6.07) is 19.5. The van der Waals surface area contributed by atoms with Gasteiger partial charge in [-0.15, -0.1) is 0 Å². The molecule has 0 aliphatic carbocycles. The number of nitrogens with zero attached hydrogens (tertiary/aromatic N) is 3. The number of fused-ring (bicyclic) bond motifs is 1. The molecule has 2 heterocycles. The molecule has 5 nitrogen and oxygen atoms in total. The Kier molecular flexibility index (Phi) is 4.74. The van der Waals surface area contributed by atoms with E-state index in [2.05, 4.69) is 0 Å².